The van der Waals surface area contributed by atoms with Crippen LogP contribution in [0.2, 0.25) is 5.02 Å². The molecule has 1 fully saturated rings. The molecule has 36 heavy (non-hydrogen) atoms. The minimum atomic E-state index is -0.158. The van der Waals surface area contributed by atoms with E-state index >= 15 is 0 Å². The zero-order chi connectivity index (χ0) is 24.5. The van der Waals surface area contributed by atoms with Gasteiger partial charge in [-0.2, -0.15) is 0 Å². The normalized spacial score (nSPS) is 15.8. The molecule has 0 bridgehead atoms. The Hall–Kier alpha value is -3.82. The minimum Gasteiger partial charge on any atom is -0.354 e. The van der Waals surface area contributed by atoms with Crippen molar-refractivity contribution in [2.45, 2.75) is 12.8 Å². The van der Waals surface area contributed by atoms with Gasteiger partial charge in [0.05, 0.1) is 16.1 Å². The summed E-state index contributed by atoms with van der Waals surface area (Å²) in [6, 6.07) is 19.4. The highest BCUT2D eigenvalue weighted by molar-refractivity contribution is 7.22. The lowest BCUT2D eigenvalue weighted by molar-refractivity contribution is -0.120. The van der Waals surface area contributed by atoms with E-state index in [2.05, 4.69) is 30.4 Å². The molecule has 4 heterocycles. The second-order valence-corrected chi connectivity index (χ2v) is 10.1. The Morgan fingerprint density at radius 1 is 1.06 bits per heavy atom. The molecule has 180 valence electrons. The lowest BCUT2D eigenvalue weighted by Gasteiger charge is -2.32. The Kier molecular flexibility index (Phi) is 6.08. The molecule has 1 N–H and O–H groups in total. The Balaban J connectivity index is 1.15. The number of piperidine rings is 1. The Labute approximate surface area is 216 Å². The van der Waals surface area contributed by atoms with Crippen molar-refractivity contribution in [3.63, 3.8) is 0 Å². The summed E-state index contributed by atoms with van der Waals surface area (Å²) in [7, 11) is 0. The Morgan fingerprint density at radius 2 is 1.89 bits per heavy atom. The van der Waals surface area contributed by atoms with Crippen LogP contribution in [0.3, 0.4) is 0 Å². The smallest absolute Gasteiger partial charge is 0.231 e. The minimum absolute atomic E-state index is 0.0275. The third-order valence-electron chi connectivity index (χ3n) is 6.25. The van der Waals surface area contributed by atoms with E-state index in [1.54, 1.807) is 12.3 Å². The van der Waals surface area contributed by atoms with Crippen molar-refractivity contribution < 1.29 is 4.79 Å². The first-order valence-corrected chi connectivity index (χ1v) is 12.9. The molecule has 0 spiro atoms. The van der Waals surface area contributed by atoms with Gasteiger partial charge in [0.15, 0.2) is 16.8 Å². The van der Waals surface area contributed by atoms with Crippen molar-refractivity contribution in [3.8, 4) is 17.2 Å². The second-order valence-electron chi connectivity index (χ2n) is 8.64. The van der Waals surface area contributed by atoms with E-state index in [0.29, 0.717) is 22.5 Å². The third-order valence-corrected chi connectivity index (χ3v) is 7.42. The molecule has 5 aromatic rings. The van der Waals surface area contributed by atoms with Crippen molar-refractivity contribution in [2.75, 3.05) is 23.3 Å². The van der Waals surface area contributed by atoms with Gasteiger partial charge in [0.1, 0.15) is 5.82 Å². The summed E-state index contributed by atoms with van der Waals surface area (Å²) in [6.07, 6.45) is 5.35. The molecule has 2 aromatic carbocycles. The van der Waals surface area contributed by atoms with Gasteiger partial charge in [-0.05, 0) is 43.2 Å². The van der Waals surface area contributed by atoms with Crippen LogP contribution in [0.4, 0.5) is 10.9 Å². The van der Waals surface area contributed by atoms with Crippen molar-refractivity contribution in [2.24, 2.45) is 5.92 Å². The fourth-order valence-corrected chi connectivity index (χ4v) is 5.61. The number of imidazole rings is 1. The number of fused-ring (bicyclic) bond motifs is 1. The fourth-order valence-electron chi connectivity index (χ4n) is 4.46. The topological polar surface area (TPSA) is 88.8 Å². The van der Waals surface area contributed by atoms with Gasteiger partial charge >= 0.3 is 0 Å². The van der Waals surface area contributed by atoms with Crippen LogP contribution < -0.4 is 10.2 Å². The molecule has 3 aromatic heterocycles. The highest BCUT2D eigenvalue weighted by atomic mass is 35.5. The first-order valence-electron chi connectivity index (χ1n) is 11.7. The largest absolute Gasteiger partial charge is 0.354 e. The van der Waals surface area contributed by atoms with E-state index in [9.17, 15) is 4.79 Å². The monoisotopic (exact) mass is 515 g/mol. The van der Waals surface area contributed by atoms with E-state index in [0.717, 1.165) is 46.8 Å². The standard InChI is InChI=1S/C26H22ClN7OS/c27-19-8-9-20-21(15-19)36-26(29-20)30-25(35)18-7-4-13-33(16-18)22-10-11-23(32-31-22)34-14-12-28-24(34)17-5-2-1-3-6-17/h1-3,5-6,8-12,14-15,18H,4,7,13,16H2,(H,29,30,35). The summed E-state index contributed by atoms with van der Waals surface area (Å²) in [5.74, 6) is 2.07. The maximum Gasteiger partial charge on any atom is 0.231 e. The highest BCUT2D eigenvalue weighted by Gasteiger charge is 2.27. The van der Waals surface area contributed by atoms with Crippen LogP contribution in [0, 0.1) is 5.92 Å². The van der Waals surface area contributed by atoms with E-state index in [1.165, 1.54) is 11.3 Å². The van der Waals surface area contributed by atoms with Crippen molar-refractivity contribution >= 4 is 50.0 Å². The quantitative estimate of drug-likeness (QED) is 0.335. The summed E-state index contributed by atoms with van der Waals surface area (Å²) in [5, 5.41) is 13.2. The van der Waals surface area contributed by atoms with Crippen LogP contribution >= 0.6 is 22.9 Å². The van der Waals surface area contributed by atoms with Crippen LogP contribution in [0.25, 0.3) is 27.4 Å². The lowest BCUT2D eigenvalue weighted by Crippen LogP contribution is -2.41. The molecule has 10 heteroatoms. The Morgan fingerprint density at radius 3 is 2.72 bits per heavy atom. The predicted octanol–water partition coefficient (Wildman–Crippen LogP) is 5.45. The average molecular weight is 516 g/mol. The number of thiazole rings is 1. The first-order chi connectivity index (χ1) is 17.6. The number of nitrogens with one attached hydrogen (secondary N) is 1. The number of hydrogen-bond acceptors (Lipinski definition) is 7. The molecule has 6 rings (SSSR count). The van der Waals surface area contributed by atoms with Gasteiger partial charge in [0.2, 0.25) is 5.91 Å². The van der Waals surface area contributed by atoms with Crippen LogP contribution in [-0.2, 0) is 4.79 Å². The molecule has 1 amide bonds. The van der Waals surface area contributed by atoms with Crippen LogP contribution in [-0.4, -0.2) is 43.7 Å². The van der Waals surface area contributed by atoms with Gasteiger partial charge < -0.3 is 10.2 Å². The molecule has 1 aliphatic rings. The molecule has 0 saturated carbocycles. The van der Waals surface area contributed by atoms with Gasteiger partial charge in [0.25, 0.3) is 0 Å². The van der Waals surface area contributed by atoms with Gasteiger partial charge in [0, 0.05) is 36.1 Å². The van der Waals surface area contributed by atoms with Crippen LogP contribution in [0.1, 0.15) is 12.8 Å². The summed E-state index contributed by atoms with van der Waals surface area (Å²) in [5.41, 5.74) is 1.84. The number of carbonyl (C=O) groups excluding carboxylic acids is 1. The molecule has 1 saturated heterocycles. The van der Waals surface area contributed by atoms with E-state index in [-0.39, 0.29) is 11.8 Å². The summed E-state index contributed by atoms with van der Waals surface area (Å²) in [6.45, 7) is 1.41. The first kappa shape index (κ1) is 22.6. The number of carbonyl (C=O) groups is 1. The van der Waals surface area contributed by atoms with E-state index in [1.807, 2.05) is 65.4 Å². The van der Waals surface area contributed by atoms with Gasteiger partial charge in [-0.15, -0.1) is 10.2 Å². The second kappa shape index (κ2) is 9.67. The number of nitrogens with zero attached hydrogens (tertiary/aromatic N) is 6. The van der Waals surface area contributed by atoms with Crippen LogP contribution in [0.5, 0.6) is 0 Å². The number of aromatic nitrogens is 5. The maximum absolute atomic E-state index is 13.0. The van der Waals surface area contributed by atoms with Crippen molar-refractivity contribution in [1.29, 1.82) is 0 Å². The van der Waals surface area contributed by atoms with Crippen molar-refractivity contribution in [3.05, 3.63) is 78.1 Å². The molecule has 1 aliphatic heterocycles. The zero-order valence-electron chi connectivity index (χ0n) is 19.2. The Bertz CT molecular complexity index is 1520. The lowest BCUT2D eigenvalue weighted by atomic mass is 9.97. The summed E-state index contributed by atoms with van der Waals surface area (Å²) < 4.78 is 2.87. The average Bonchev–Trinajstić information content (AvgIpc) is 3.56. The van der Waals surface area contributed by atoms with Gasteiger partial charge in [-0.1, -0.05) is 53.3 Å². The fraction of sp³-hybridized carbons (Fsp3) is 0.192. The third kappa shape index (κ3) is 4.55. The maximum atomic E-state index is 13.0. The number of benzene rings is 2. The SMILES string of the molecule is O=C(Nc1nc2ccc(Cl)cc2s1)C1CCCN(c2ccc(-n3ccnc3-c3ccccc3)nn2)C1. The summed E-state index contributed by atoms with van der Waals surface area (Å²) in [4.78, 5) is 24.1. The molecule has 8 nitrogen and oxygen atoms in total. The molecular weight excluding hydrogens is 494 g/mol. The highest BCUT2D eigenvalue weighted by Crippen LogP contribution is 2.30. The van der Waals surface area contributed by atoms with Crippen molar-refractivity contribution in [1.82, 2.24) is 24.7 Å². The van der Waals surface area contributed by atoms with Gasteiger partial charge in [-0.3, -0.25) is 9.36 Å². The number of rotatable bonds is 5. The molecular formula is C26H22ClN7OS. The molecule has 0 radical (unpaired) electrons. The van der Waals surface area contributed by atoms with E-state index < -0.39 is 0 Å². The predicted molar refractivity (Wildman–Crippen MR) is 143 cm³/mol. The molecule has 1 atom stereocenters. The van der Waals surface area contributed by atoms with Gasteiger partial charge in [-0.25, -0.2) is 9.97 Å². The number of hydrogen-bond donors (Lipinski definition) is 1. The summed E-state index contributed by atoms with van der Waals surface area (Å²) >= 11 is 7.50. The molecule has 1 unspecified atom stereocenters. The number of anilines is 2. The number of amides is 1. The molecule has 0 aliphatic carbocycles. The van der Waals surface area contributed by atoms with Crippen LogP contribution in [0.15, 0.2) is 73.1 Å². The van der Waals surface area contributed by atoms with E-state index in [4.69, 9.17) is 11.6 Å². The zero-order valence-corrected chi connectivity index (χ0v) is 20.8. The number of halogens is 1.